The minimum absolute atomic E-state index is 0.147. The van der Waals surface area contributed by atoms with Crippen LogP contribution in [0.3, 0.4) is 0 Å². The summed E-state index contributed by atoms with van der Waals surface area (Å²) >= 11 is 0. The van der Waals surface area contributed by atoms with Gasteiger partial charge in [0.1, 0.15) is 11.7 Å². The Balaban J connectivity index is 2.78. The first-order chi connectivity index (χ1) is 8.06. The maximum atomic E-state index is 11.8. The molecule has 1 aromatic rings. The molecule has 0 radical (unpaired) electrons. The van der Waals surface area contributed by atoms with E-state index in [1.807, 2.05) is 0 Å². The van der Waals surface area contributed by atoms with Gasteiger partial charge in [-0.3, -0.25) is 14.4 Å². The van der Waals surface area contributed by atoms with Crippen molar-refractivity contribution in [2.45, 2.75) is 13.3 Å². The van der Waals surface area contributed by atoms with Crippen LogP contribution < -0.4 is 0 Å². The van der Waals surface area contributed by atoms with Crippen LogP contribution in [-0.2, 0) is 14.3 Å². The molecular weight excluding hydrogens is 220 g/mol. The number of ketones is 2. The first-order valence-corrected chi connectivity index (χ1v) is 5.22. The van der Waals surface area contributed by atoms with Crippen molar-refractivity contribution in [2.24, 2.45) is 5.92 Å². The lowest BCUT2D eigenvalue weighted by molar-refractivity contribution is -0.148. The van der Waals surface area contributed by atoms with Crippen LogP contribution in [0, 0.1) is 5.92 Å². The molecule has 1 unspecified atom stereocenters. The molecule has 0 saturated carbocycles. The number of benzene rings is 1. The quantitative estimate of drug-likeness (QED) is 0.441. The first kappa shape index (κ1) is 13.1. The predicted octanol–water partition coefficient (Wildman–Crippen LogP) is 1.64. The first-order valence-electron chi connectivity index (χ1n) is 5.22. The molecule has 0 N–H and O–H groups in total. The molecule has 4 heteroatoms. The van der Waals surface area contributed by atoms with Gasteiger partial charge in [-0.1, -0.05) is 30.3 Å². The van der Waals surface area contributed by atoms with Crippen molar-refractivity contribution in [1.29, 1.82) is 0 Å². The van der Waals surface area contributed by atoms with Gasteiger partial charge in [0.25, 0.3) is 0 Å². The third-order valence-corrected chi connectivity index (χ3v) is 2.46. The van der Waals surface area contributed by atoms with Crippen LogP contribution in [-0.4, -0.2) is 24.6 Å². The molecule has 1 rings (SSSR count). The predicted molar refractivity (Wildman–Crippen MR) is 61.6 cm³/mol. The number of esters is 1. The molecule has 0 bridgehead atoms. The number of carbonyl (C=O) groups excluding carboxylic acids is 3. The molecule has 0 aliphatic carbocycles. The van der Waals surface area contributed by atoms with E-state index in [1.54, 1.807) is 30.3 Å². The molecule has 17 heavy (non-hydrogen) atoms. The Labute approximate surface area is 99.6 Å². The summed E-state index contributed by atoms with van der Waals surface area (Å²) in [5.41, 5.74) is 0.489. The van der Waals surface area contributed by atoms with Crippen LogP contribution in [0.1, 0.15) is 23.7 Å². The second-order valence-electron chi connectivity index (χ2n) is 3.68. The Bertz CT molecular complexity index is 422. The molecule has 0 amide bonds. The van der Waals surface area contributed by atoms with Crippen LogP contribution in [0.25, 0.3) is 0 Å². The summed E-state index contributed by atoms with van der Waals surface area (Å²) < 4.78 is 4.50. The fourth-order valence-corrected chi connectivity index (χ4v) is 1.46. The van der Waals surface area contributed by atoms with Gasteiger partial charge in [0, 0.05) is 12.0 Å². The average Bonchev–Trinajstić information content (AvgIpc) is 2.35. The summed E-state index contributed by atoms with van der Waals surface area (Å²) in [5.74, 6) is -2.27. The standard InChI is InChI=1S/C13H14O4/c1-9(14)11(13(16)17-2)8-12(15)10-6-4-3-5-7-10/h3-7,11H,8H2,1-2H3. The van der Waals surface area contributed by atoms with Crippen molar-refractivity contribution < 1.29 is 19.1 Å². The van der Waals surface area contributed by atoms with Crippen LogP contribution in [0.4, 0.5) is 0 Å². The molecule has 0 heterocycles. The molecule has 1 atom stereocenters. The van der Waals surface area contributed by atoms with Crippen molar-refractivity contribution in [1.82, 2.24) is 0 Å². The number of ether oxygens (including phenoxy) is 1. The summed E-state index contributed by atoms with van der Waals surface area (Å²) in [6.07, 6.45) is -0.147. The van der Waals surface area contributed by atoms with Crippen LogP contribution in [0.15, 0.2) is 30.3 Å². The average molecular weight is 234 g/mol. The van der Waals surface area contributed by atoms with Gasteiger partial charge in [-0.15, -0.1) is 0 Å². The lowest BCUT2D eigenvalue weighted by Gasteiger charge is -2.10. The Kier molecular flexibility index (Phi) is 4.57. The summed E-state index contributed by atoms with van der Waals surface area (Å²) in [7, 11) is 1.20. The number of Topliss-reactive ketones (excluding diaryl/α,β-unsaturated/α-hetero) is 2. The maximum Gasteiger partial charge on any atom is 0.316 e. The van der Waals surface area contributed by atoms with Crippen molar-refractivity contribution in [2.75, 3.05) is 7.11 Å². The van der Waals surface area contributed by atoms with E-state index in [-0.39, 0.29) is 18.0 Å². The summed E-state index contributed by atoms with van der Waals surface area (Å²) in [6, 6.07) is 8.55. The van der Waals surface area contributed by atoms with E-state index in [0.29, 0.717) is 5.56 Å². The van der Waals surface area contributed by atoms with Crippen molar-refractivity contribution in [3.05, 3.63) is 35.9 Å². The Morgan fingerprint density at radius 2 is 1.76 bits per heavy atom. The maximum absolute atomic E-state index is 11.8. The van der Waals surface area contributed by atoms with E-state index in [1.165, 1.54) is 14.0 Å². The van der Waals surface area contributed by atoms with E-state index < -0.39 is 11.9 Å². The van der Waals surface area contributed by atoms with Crippen molar-refractivity contribution in [3.63, 3.8) is 0 Å². The van der Waals surface area contributed by atoms with E-state index in [0.717, 1.165) is 0 Å². The zero-order valence-electron chi connectivity index (χ0n) is 9.80. The van der Waals surface area contributed by atoms with E-state index >= 15 is 0 Å². The van der Waals surface area contributed by atoms with Gasteiger partial charge in [-0.25, -0.2) is 0 Å². The molecular formula is C13H14O4. The topological polar surface area (TPSA) is 60.4 Å². The number of hydrogen-bond donors (Lipinski definition) is 0. The van der Waals surface area contributed by atoms with Gasteiger partial charge in [-0.05, 0) is 6.92 Å². The fraction of sp³-hybridized carbons (Fsp3) is 0.308. The molecule has 4 nitrogen and oxygen atoms in total. The number of rotatable bonds is 5. The zero-order chi connectivity index (χ0) is 12.8. The second kappa shape index (κ2) is 5.94. The Morgan fingerprint density at radius 1 is 1.18 bits per heavy atom. The molecule has 0 fully saturated rings. The number of hydrogen-bond acceptors (Lipinski definition) is 4. The van der Waals surface area contributed by atoms with Crippen LogP contribution in [0.2, 0.25) is 0 Å². The lowest BCUT2D eigenvalue weighted by Crippen LogP contribution is -2.26. The molecule has 90 valence electrons. The van der Waals surface area contributed by atoms with Crippen molar-refractivity contribution >= 4 is 17.5 Å². The Morgan fingerprint density at radius 3 is 2.24 bits per heavy atom. The van der Waals surface area contributed by atoms with Gasteiger partial charge in [0.2, 0.25) is 0 Å². The highest BCUT2D eigenvalue weighted by Crippen LogP contribution is 2.12. The largest absolute Gasteiger partial charge is 0.468 e. The van der Waals surface area contributed by atoms with E-state index in [9.17, 15) is 14.4 Å². The summed E-state index contributed by atoms with van der Waals surface area (Å²) in [5, 5.41) is 0. The van der Waals surface area contributed by atoms with Crippen LogP contribution >= 0.6 is 0 Å². The minimum Gasteiger partial charge on any atom is -0.468 e. The SMILES string of the molecule is COC(=O)C(CC(=O)c1ccccc1)C(C)=O. The Hall–Kier alpha value is -1.97. The molecule has 0 aromatic heterocycles. The van der Waals surface area contributed by atoms with E-state index in [2.05, 4.69) is 4.74 Å². The number of methoxy groups -OCH3 is 1. The monoisotopic (exact) mass is 234 g/mol. The van der Waals surface area contributed by atoms with Gasteiger partial charge in [0.15, 0.2) is 5.78 Å². The molecule has 0 aliphatic heterocycles. The highest BCUT2D eigenvalue weighted by Gasteiger charge is 2.27. The minimum atomic E-state index is -1.01. The van der Waals surface area contributed by atoms with Gasteiger partial charge < -0.3 is 4.74 Å². The normalized spacial score (nSPS) is 11.6. The smallest absolute Gasteiger partial charge is 0.316 e. The van der Waals surface area contributed by atoms with Gasteiger partial charge >= 0.3 is 5.97 Å². The number of carbonyl (C=O) groups is 3. The van der Waals surface area contributed by atoms with Crippen molar-refractivity contribution in [3.8, 4) is 0 Å². The molecule has 0 aliphatic rings. The molecule has 0 spiro atoms. The highest BCUT2D eigenvalue weighted by molar-refractivity contribution is 6.05. The third-order valence-electron chi connectivity index (χ3n) is 2.46. The fourth-order valence-electron chi connectivity index (χ4n) is 1.46. The molecule has 1 aromatic carbocycles. The third kappa shape index (κ3) is 3.52. The lowest BCUT2D eigenvalue weighted by atomic mass is 9.95. The van der Waals surface area contributed by atoms with E-state index in [4.69, 9.17) is 0 Å². The van der Waals surface area contributed by atoms with Gasteiger partial charge in [-0.2, -0.15) is 0 Å². The zero-order valence-corrected chi connectivity index (χ0v) is 9.80. The second-order valence-corrected chi connectivity index (χ2v) is 3.68. The summed E-state index contributed by atoms with van der Waals surface area (Å²) in [6.45, 7) is 1.28. The highest BCUT2D eigenvalue weighted by atomic mass is 16.5. The van der Waals surface area contributed by atoms with Crippen LogP contribution in [0.5, 0.6) is 0 Å². The van der Waals surface area contributed by atoms with Gasteiger partial charge in [0.05, 0.1) is 7.11 Å². The molecule has 0 saturated heterocycles. The summed E-state index contributed by atoms with van der Waals surface area (Å²) in [4.78, 5) is 34.4.